The van der Waals surface area contributed by atoms with Gasteiger partial charge in [0.1, 0.15) is 6.54 Å². The highest BCUT2D eigenvalue weighted by atomic mass is 32.1. The van der Waals surface area contributed by atoms with E-state index in [1.165, 1.54) is 16.0 Å². The number of nitrogens with one attached hydrogen (secondary N) is 1. The van der Waals surface area contributed by atoms with Crippen molar-refractivity contribution < 1.29 is 9.64 Å². The monoisotopic (exact) mass is 424 g/mol. The van der Waals surface area contributed by atoms with Gasteiger partial charge in [-0.2, -0.15) is 4.68 Å². The Morgan fingerprint density at radius 3 is 2.23 bits per heavy atom. The molecule has 1 unspecified atom stereocenters. The molecule has 4 rings (SSSR count). The molecular formula is C23H30N5OS+. The zero-order chi connectivity index (χ0) is 20.8. The van der Waals surface area contributed by atoms with E-state index >= 15 is 0 Å². The van der Waals surface area contributed by atoms with E-state index in [1.807, 2.05) is 10.7 Å². The van der Waals surface area contributed by atoms with Crippen molar-refractivity contribution in [2.24, 2.45) is 0 Å². The molecule has 1 N–H and O–H groups in total. The van der Waals surface area contributed by atoms with Crippen LogP contribution < -0.4 is 9.80 Å². The minimum Gasteiger partial charge on any atom is -0.378 e. The van der Waals surface area contributed by atoms with Gasteiger partial charge in [0.2, 0.25) is 10.7 Å². The molecule has 6 nitrogen and oxygen atoms in total. The number of aromatic nitrogens is 3. The molecule has 1 aliphatic heterocycles. The number of ether oxygens (including phenoxy) is 1. The van der Waals surface area contributed by atoms with Crippen LogP contribution in [0.4, 0.5) is 5.95 Å². The van der Waals surface area contributed by atoms with Crippen LogP contribution in [0.1, 0.15) is 18.1 Å². The normalized spacial score (nSPS) is 15.3. The van der Waals surface area contributed by atoms with E-state index in [9.17, 15) is 0 Å². The molecule has 1 saturated heterocycles. The Balaban J connectivity index is 1.61. The quantitative estimate of drug-likeness (QED) is 0.564. The Bertz CT molecular complexity index is 980. The average Bonchev–Trinajstić information content (AvgIpc) is 3.10. The lowest BCUT2D eigenvalue weighted by Crippen LogP contribution is -3.09. The summed E-state index contributed by atoms with van der Waals surface area (Å²) in [6.07, 6.45) is 0. The molecule has 0 spiro atoms. The molecule has 1 fully saturated rings. The second-order valence-corrected chi connectivity index (χ2v) is 8.04. The highest BCUT2D eigenvalue weighted by Gasteiger charge is 2.21. The van der Waals surface area contributed by atoms with Crippen LogP contribution in [-0.2, 0) is 24.5 Å². The molecule has 0 amide bonds. The molecule has 0 aliphatic carbocycles. The van der Waals surface area contributed by atoms with E-state index in [0.29, 0.717) is 0 Å². The van der Waals surface area contributed by atoms with Crippen LogP contribution >= 0.6 is 12.2 Å². The van der Waals surface area contributed by atoms with Crippen molar-refractivity contribution >= 4 is 18.2 Å². The van der Waals surface area contributed by atoms with Crippen molar-refractivity contribution in [2.75, 3.05) is 37.7 Å². The number of morpholine rings is 1. The van der Waals surface area contributed by atoms with Crippen LogP contribution in [0.5, 0.6) is 0 Å². The van der Waals surface area contributed by atoms with E-state index in [2.05, 4.69) is 71.0 Å². The fraction of sp³-hybridized carbons (Fsp3) is 0.391. The van der Waals surface area contributed by atoms with Crippen LogP contribution in [0.15, 0.2) is 60.7 Å². The van der Waals surface area contributed by atoms with Crippen molar-refractivity contribution in [2.45, 2.75) is 26.7 Å². The highest BCUT2D eigenvalue weighted by molar-refractivity contribution is 7.71. The second-order valence-electron chi connectivity index (χ2n) is 7.68. The molecule has 30 heavy (non-hydrogen) atoms. The van der Waals surface area contributed by atoms with E-state index < -0.39 is 0 Å². The van der Waals surface area contributed by atoms with Gasteiger partial charge in [0.05, 0.1) is 26.3 Å². The molecule has 1 aromatic heterocycles. The highest BCUT2D eigenvalue weighted by Crippen LogP contribution is 2.17. The molecule has 0 radical (unpaired) electrons. The van der Waals surface area contributed by atoms with Crippen molar-refractivity contribution in [1.29, 1.82) is 0 Å². The topological polar surface area (TPSA) is 39.7 Å². The smallest absolute Gasteiger partial charge is 0.226 e. The fourth-order valence-corrected chi connectivity index (χ4v) is 4.07. The average molecular weight is 425 g/mol. The molecule has 0 saturated carbocycles. The summed E-state index contributed by atoms with van der Waals surface area (Å²) in [5.41, 5.74) is 2.56. The Kier molecular flexibility index (Phi) is 6.94. The maximum absolute atomic E-state index is 5.90. The van der Waals surface area contributed by atoms with Gasteiger partial charge >= 0.3 is 0 Å². The summed E-state index contributed by atoms with van der Waals surface area (Å²) in [7, 11) is 0. The molecule has 2 heterocycles. The first-order valence-corrected chi connectivity index (χ1v) is 11.1. The van der Waals surface area contributed by atoms with Gasteiger partial charge in [0.15, 0.2) is 6.67 Å². The molecule has 1 aliphatic rings. The van der Waals surface area contributed by atoms with Gasteiger partial charge in [0, 0.05) is 18.7 Å². The maximum atomic E-state index is 5.90. The van der Waals surface area contributed by atoms with Gasteiger partial charge in [-0.1, -0.05) is 60.7 Å². The van der Waals surface area contributed by atoms with E-state index in [1.54, 1.807) is 0 Å². The molecular weight excluding hydrogens is 394 g/mol. The lowest BCUT2D eigenvalue weighted by molar-refractivity contribution is -0.935. The Morgan fingerprint density at radius 1 is 0.967 bits per heavy atom. The van der Waals surface area contributed by atoms with Gasteiger partial charge in [-0.05, 0) is 24.7 Å². The van der Waals surface area contributed by atoms with E-state index in [-0.39, 0.29) is 0 Å². The number of anilines is 1. The third kappa shape index (κ3) is 4.98. The first kappa shape index (κ1) is 20.8. The standard InChI is InChI=1S/C23H29N5OS/c1-2-25(17-20-9-5-3-6-10-20)19-28-23(30)27(18-21-11-7-4-8-12-21)22(24-28)26-13-15-29-16-14-26/h3-12H,2,13-19H2,1H3/p+1. The summed E-state index contributed by atoms with van der Waals surface area (Å²) in [5.74, 6) is 0.947. The third-order valence-electron chi connectivity index (χ3n) is 5.55. The zero-order valence-electron chi connectivity index (χ0n) is 17.5. The molecule has 0 bridgehead atoms. The number of hydrogen-bond acceptors (Lipinski definition) is 4. The van der Waals surface area contributed by atoms with Gasteiger partial charge in [-0.3, -0.25) is 4.57 Å². The van der Waals surface area contributed by atoms with Crippen LogP contribution in [0.3, 0.4) is 0 Å². The van der Waals surface area contributed by atoms with E-state index in [0.717, 1.165) is 63.3 Å². The Hall–Kier alpha value is -2.48. The Morgan fingerprint density at radius 2 is 1.60 bits per heavy atom. The van der Waals surface area contributed by atoms with Crippen molar-refractivity contribution in [1.82, 2.24) is 14.3 Å². The molecule has 3 aromatic rings. The van der Waals surface area contributed by atoms with Crippen molar-refractivity contribution in [3.63, 3.8) is 0 Å². The minimum atomic E-state index is 0.727. The summed E-state index contributed by atoms with van der Waals surface area (Å²) in [6, 6.07) is 21.1. The summed E-state index contributed by atoms with van der Waals surface area (Å²) in [6.45, 7) is 8.80. The van der Waals surface area contributed by atoms with Crippen LogP contribution in [0.2, 0.25) is 0 Å². The van der Waals surface area contributed by atoms with Crippen LogP contribution in [0.25, 0.3) is 0 Å². The summed E-state index contributed by atoms with van der Waals surface area (Å²) >= 11 is 5.90. The van der Waals surface area contributed by atoms with Crippen molar-refractivity contribution in [3.05, 3.63) is 76.6 Å². The van der Waals surface area contributed by atoms with Gasteiger partial charge in [-0.25, -0.2) is 0 Å². The van der Waals surface area contributed by atoms with Crippen LogP contribution in [-0.4, -0.2) is 47.2 Å². The summed E-state index contributed by atoms with van der Waals surface area (Å²) in [5, 5.41) is 4.98. The first-order chi connectivity index (χ1) is 14.7. The number of rotatable bonds is 8. The van der Waals surface area contributed by atoms with Crippen molar-refractivity contribution in [3.8, 4) is 0 Å². The zero-order valence-corrected chi connectivity index (χ0v) is 18.4. The van der Waals surface area contributed by atoms with Gasteiger partial charge in [-0.15, -0.1) is 5.10 Å². The van der Waals surface area contributed by atoms with Gasteiger partial charge < -0.3 is 14.5 Å². The lowest BCUT2D eigenvalue weighted by atomic mass is 10.2. The molecule has 7 heteroatoms. The second kappa shape index (κ2) is 10.0. The fourth-order valence-electron chi connectivity index (χ4n) is 3.82. The predicted octanol–water partition coefficient (Wildman–Crippen LogP) is 2.36. The predicted molar refractivity (Wildman–Crippen MR) is 121 cm³/mol. The number of hydrogen-bond donors (Lipinski definition) is 1. The third-order valence-corrected chi connectivity index (χ3v) is 5.98. The number of quaternary nitrogens is 1. The van der Waals surface area contributed by atoms with Crippen LogP contribution in [0, 0.1) is 4.77 Å². The molecule has 2 aromatic carbocycles. The molecule has 158 valence electrons. The maximum Gasteiger partial charge on any atom is 0.226 e. The Labute approximate surface area is 183 Å². The largest absolute Gasteiger partial charge is 0.378 e. The SMILES string of the molecule is CC[NH+](Cc1ccccc1)Cn1nc(N2CCOCC2)n(Cc2ccccc2)c1=S. The van der Waals surface area contributed by atoms with Gasteiger partial charge in [0.25, 0.3) is 0 Å². The summed E-state index contributed by atoms with van der Waals surface area (Å²) in [4.78, 5) is 3.72. The lowest BCUT2D eigenvalue weighted by Gasteiger charge is -2.27. The first-order valence-electron chi connectivity index (χ1n) is 10.7. The molecule has 1 atom stereocenters. The van der Waals surface area contributed by atoms with E-state index in [4.69, 9.17) is 22.1 Å². The number of benzene rings is 2. The summed E-state index contributed by atoms with van der Waals surface area (Å²) < 4.78 is 10.5. The number of nitrogens with zero attached hydrogens (tertiary/aromatic N) is 4. The minimum absolute atomic E-state index is 0.727.